The largest absolute Gasteiger partial charge is 0.444 e. The zero-order chi connectivity index (χ0) is 15.5. The molecule has 1 atom stereocenters. The van der Waals surface area contributed by atoms with Crippen LogP contribution in [0.25, 0.3) is 0 Å². The van der Waals surface area contributed by atoms with Gasteiger partial charge in [0, 0.05) is 25.8 Å². The topological polar surface area (TPSA) is 67.3 Å². The predicted octanol–water partition coefficient (Wildman–Crippen LogP) is 2.80. The van der Waals surface area contributed by atoms with Crippen LogP contribution < -0.4 is 5.32 Å². The number of likely N-dealkylation sites (tertiary alicyclic amines) is 1. The van der Waals surface area contributed by atoms with Gasteiger partial charge in [-0.15, -0.1) is 0 Å². The molecule has 1 N–H and O–H groups in total. The first-order chi connectivity index (χ1) is 9.83. The maximum atomic E-state index is 12.0. The van der Waals surface area contributed by atoms with E-state index >= 15 is 0 Å². The third-order valence-corrected chi connectivity index (χ3v) is 3.32. The van der Waals surface area contributed by atoms with Crippen molar-refractivity contribution in [3.05, 3.63) is 17.4 Å². The van der Waals surface area contributed by atoms with Crippen LogP contribution in [0.5, 0.6) is 0 Å². The number of carbonyl (C=O) groups is 1. The van der Waals surface area contributed by atoms with E-state index in [0.29, 0.717) is 30.1 Å². The lowest BCUT2D eigenvalue weighted by molar-refractivity contribution is 0.0289. The van der Waals surface area contributed by atoms with Gasteiger partial charge in [0.2, 0.25) is 5.95 Å². The Balaban J connectivity index is 1.79. The summed E-state index contributed by atoms with van der Waals surface area (Å²) in [7, 11) is 0. The van der Waals surface area contributed by atoms with Crippen LogP contribution >= 0.6 is 11.6 Å². The molecular formula is C14H21ClN4O2. The van der Waals surface area contributed by atoms with E-state index in [9.17, 15) is 4.79 Å². The van der Waals surface area contributed by atoms with Gasteiger partial charge in [-0.1, -0.05) is 11.6 Å². The minimum Gasteiger partial charge on any atom is -0.444 e. The fraction of sp³-hybridized carbons (Fsp3) is 0.643. The van der Waals surface area contributed by atoms with E-state index in [-0.39, 0.29) is 6.09 Å². The summed E-state index contributed by atoms with van der Waals surface area (Å²) in [5.41, 5.74) is -0.456. The van der Waals surface area contributed by atoms with Crippen LogP contribution in [0.1, 0.15) is 27.2 Å². The van der Waals surface area contributed by atoms with Crippen molar-refractivity contribution in [3.63, 3.8) is 0 Å². The van der Waals surface area contributed by atoms with E-state index in [1.54, 1.807) is 17.2 Å². The van der Waals surface area contributed by atoms with Gasteiger partial charge in [-0.3, -0.25) is 0 Å². The molecule has 6 nitrogen and oxygen atoms in total. The lowest BCUT2D eigenvalue weighted by atomic mass is 10.1. The first kappa shape index (κ1) is 15.8. The van der Waals surface area contributed by atoms with Gasteiger partial charge in [0.05, 0.1) is 0 Å². The monoisotopic (exact) mass is 312 g/mol. The molecule has 2 heterocycles. The van der Waals surface area contributed by atoms with Crippen molar-refractivity contribution in [2.45, 2.75) is 32.8 Å². The molecule has 7 heteroatoms. The van der Waals surface area contributed by atoms with Crippen LogP contribution in [0.2, 0.25) is 5.15 Å². The van der Waals surface area contributed by atoms with Gasteiger partial charge in [-0.2, -0.15) is 0 Å². The SMILES string of the molecule is CC(C)(C)OC(=O)N1CC[C@@H](CNc2nccc(Cl)n2)C1. The summed E-state index contributed by atoms with van der Waals surface area (Å²) in [6, 6.07) is 1.63. The highest BCUT2D eigenvalue weighted by atomic mass is 35.5. The second-order valence-electron chi connectivity index (χ2n) is 6.16. The fourth-order valence-corrected chi connectivity index (χ4v) is 2.29. The van der Waals surface area contributed by atoms with Gasteiger partial charge in [0.25, 0.3) is 0 Å². The molecule has 1 aromatic heterocycles. The summed E-state index contributed by atoms with van der Waals surface area (Å²) >= 11 is 5.81. The maximum absolute atomic E-state index is 12.0. The van der Waals surface area contributed by atoms with Gasteiger partial charge in [0.1, 0.15) is 10.8 Å². The van der Waals surface area contributed by atoms with Crippen LogP contribution in [0.15, 0.2) is 12.3 Å². The lowest BCUT2D eigenvalue weighted by Gasteiger charge is -2.24. The first-order valence-corrected chi connectivity index (χ1v) is 7.41. The zero-order valence-corrected chi connectivity index (χ0v) is 13.4. The third-order valence-electron chi connectivity index (χ3n) is 3.11. The Kier molecular flexibility index (Phi) is 4.88. The second kappa shape index (κ2) is 6.47. The number of ether oxygens (including phenoxy) is 1. The smallest absolute Gasteiger partial charge is 0.410 e. The highest BCUT2D eigenvalue weighted by molar-refractivity contribution is 6.29. The van der Waals surface area contributed by atoms with E-state index in [1.807, 2.05) is 20.8 Å². The Bertz CT molecular complexity index is 504. The first-order valence-electron chi connectivity index (χ1n) is 7.04. The number of aromatic nitrogens is 2. The maximum Gasteiger partial charge on any atom is 0.410 e. The number of carbonyl (C=O) groups excluding carboxylic acids is 1. The number of hydrogen-bond acceptors (Lipinski definition) is 5. The molecule has 116 valence electrons. The van der Waals surface area contributed by atoms with E-state index < -0.39 is 5.60 Å². The van der Waals surface area contributed by atoms with Crippen molar-refractivity contribution in [3.8, 4) is 0 Å². The Morgan fingerprint density at radius 1 is 1.57 bits per heavy atom. The fourth-order valence-electron chi connectivity index (χ4n) is 2.15. The van der Waals surface area contributed by atoms with E-state index in [4.69, 9.17) is 16.3 Å². The van der Waals surface area contributed by atoms with Gasteiger partial charge in [-0.25, -0.2) is 14.8 Å². The van der Waals surface area contributed by atoms with E-state index in [2.05, 4.69) is 15.3 Å². The molecular weight excluding hydrogens is 292 g/mol. The quantitative estimate of drug-likeness (QED) is 0.869. The summed E-state index contributed by atoms with van der Waals surface area (Å²) in [6.45, 7) is 7.73. The molecule has 1 aliphatic rings. The average Bonchev–Trinajstić information content (AvgIpc) is 2.83. The Hall–Kier alpha value is -1.56. The second-order valence-corrected chi connectivity index (χ2v) is 6.55. The Labute approximate surface area is 129 Å². The zero-order valence-electron chi connectivity index (χ0n) is 12.6. The van der Waals surface area contributed by atoms with Gasteiger partial charge in [0.15, 0.2) is 0 Å². The summed E-state index contributed by atoms with van der Waals surface area (Å²) in [5, 5.41) is 3.56. The molecule has 21 heavy (non-hydrogen) atoms. The van der Waals surface area contributed by atoms with Gasteiger partial charge in [-0.05, 0) is 39.2 Å². The lowest BCUT2D eigenvalue weighted by Crippen LogP contribution is -2.35. The van der Waals surface area contributed by atoms with Gasteiger partial charge < -0.3 is 15.0 Å². The molecule has 0 aromatic carbocycles. The van der Waals surface area contributed by atoms with Crippen LogP contribution in [-0.4, -0.2) is 46.2 Å². The molecule has 1 aliphatic heterocycles. The van der Waals surface area contributed by atoms with Crippen LogP contribution in [0.4, 0.5) is 10.7 Å². The van der Waals surface area contributed by atoms with Crippen molar-refractivity contribution >= 4 is 23.6 Å². The van der Waals surface area contributed by atoms with E-state index in [1.165, 1.54) is 0 Å². The highest BCUT2D eigenvalue weighted by Gasteiger charge is 2.29. The molecule has 0 aliphatic carbocycles. The number of amides is 1. The predicted molar refractivity (Wildman–Crippen MR) is 81.4 cm³/mol. The molecule has 0 bridgehead atoms. The van der Waals surface area contributed by atoms with Crippen LogP contribution in [-0.2, 0) is 4.74 Å². The van der Waals surface area contributed by atoms with Crippen molar-refractivity contribution in [2.75, 3.05) is 25.0 Å². The van der Waals surface area contributed by atoms with Crippen LogP contribution in [0, 0.1) is 5.92 Å². The third kappa shape index (κ3) is 5.04. The minimum atomic E-state index is -0.456. The van der Waals surface area contributed by atoms with Crippen molar-refractivity contribution in [1.29, 1.82) is 0 Å². The minimum absolute atomic E-state index is 0.246. The molecule has 0 radical (unpaired) electrons. The number of halogens is 1. The molecule has 1 saturated heterocycles. The number of anilines is 1. The number of hydrogen-bond donors (Lipinski definition) is 1. The van der Waals surface area contributed by atoms with E-state index in [0.717, 1.165) is 13.0 Å². The Morgan fingerprint density at radius 3 is 3.00 bits per heavy atom. The summed E-state index contributed by atoms with van der Waals surface area (Å²) in [5.74, 6) is 0.873. The molecule has 0 spiro atoms. The number of rotatable bonds is 3. The molecule has 1 fully saturated rings. The summed E-state index contributed by atoms with van der Waals surface area (Å²) < 4.78 is 5.37. The molecule has 2 rings (SSSR count). The average molecular weight is 313 g/mol. The molecule has 1 aromatic rings. The summed E-state index contributed by atoms with van der Waals surface area (Å²) in [6.07, 6.45) is 2.30. The molecule has 0 saturated carbocycles. The van der Waals surface area contributed by atoms with Crippen molar-refractivity contribution in [2.24, 2.45) is 5.92 Å². The van der Waals surface area contributed by atoms with Crippen molar-refractivity contribution < 1.29 is 9.53 Å². The Morgan fingerprint density at radius 2 is 2.33 bits per heavy atom. The number of nitrogens with one attached hydrogen (secondary N) is 1. The molecule has 1 amide bonds. The standard InChI is InChI=1S/C14H21ClN4O2/c1-14(2,3)21-13(20)19-7-5-10(9-19)8-17-12-16-6-4-11(15)18-12/h4,6,10H,5,7-9H2,1-3H3,(H,16,17,18)/t10-/m0/s1. The summed E-state index contributed by atoms with van der Waals surface area (Å²) in [4.78, 5) is 21.9. The van der Waals surface area contributed by atoms with Crippen molar-refractivity contribution in [1.82, 2.24) is 14.9 Å². The highest BCUT2D eigenvalue weighted by Crippen LogP contribution is 2.19. The normalized spacial score (nSPS) is 18.7. The van der Waals surface area contributed by atoms with Gasteiger partial charge >= 0.3 is 6.09 Å². The molecule has 0 unspecified atom stereocenters. The number of nitrogens with zero attached hydrogens (tertiary/aromatic N) is 3. The van der Waals surface area contributed by atoms with Crippen LogP contribution in [0.3, 0.4) is 0 Å².